The van der Waals surface area contributed by atoms with Gasteiger partial charge in [0.15, 0.2) is 0 Å². The highest BCUT2D eigenvalue weighted by Crippen LogP contribution is 2.13. The molecule has 1 heterocycles. The number of carbonyl (C=O) groups is 1. The number of likely N-dealkylation sites (tertiary alicyclic amines) is 1. The molecular weight excluding hydrogens is 326 g/mol. The van der Waals surface area contributed by atoms with Crippen molar-refractivity contribution in [1.29, 1.82) is 0 Å². The van der Waals surface area contributed by atoms with Gasteiger partial charge in [0.05, 0.1) is 4.90 Å². The van der Waals surface area contributed by atoms with Gasteiger partial charge in [0.1, 0.15) is 0 Å². The highest BCUT2D eigenvalue weighted by Gasteiger charge is 2.21. The Kier molecular flexibility index (Phi) is 6.77. The third-order valence-electron chi connectivity index (χ3n) is 4.22. The molecule has 0 atom stereocenters. The number of amides is 1. The van der Waals surface area contributed by atoms with Crippen molar-refractivity contribution in [3.63, 3.8) is 0 Å². The van der Waals surface area contributed by atoms with Crippen LogP contribution in [-0.4, -0.2) is 51.4 Å². The smallest absolute Gasteiger partial charge is 0.251 e. The lowest BCUT2D eigenvalue weighted by Gasteiger charge is -2.32. The lowest BCUT2D eigenvalue weighted by molar-refractivity contribution is 0.0911. The Morgan fingerprint density at radius 1 is 1.17 bits per heavy atom. The molecule has 2 N–H and O–H groups in total. The quantitative estimate of drug-likeness (QED) is 0.780. The fourth-order valence-corrected chi connectivity index (χ4v) is 3.99. The summed E-state index contributed by atoms with van der Waals surface area (Å²) in [5.74, 6) is -0.142. The Labute approximate surface area is 144 Å². The van der Waals surface area contributed by atoms with Crippen molar-refractivity contribution in [2.45, 2.75) is 44.0 Å². The van der Waals surface area contributed by atoms with Gasteiger partial charge in [0.2, 0.25) is 10.0 Å². The number of hydrogen-bond acceptors (Lipinski definition) is 4. The number of rotatable bonds is 7. The minimum absolute atomic E-state index is 0.142. The lowest BCUT2D eigenvalue weighted by atomic mass is 10.0. The van der Waals surface area contributed by atoms with Crippen LogP contribution in [0, 0.1) is 0 Å². The van der Waals surface area contributed by atoms with Gasteiger partial charge in [-0.2, -0.15) is 0 Å². The molecule has 2 rings (SSSR count). The van der Waals surface area contributed by atoms with Gasteiger partial charge in [-0.3, -0.25) is 4.79 Å². The molecule has 0 bridgehead atoms. The van der Waals surface area contributed by atoms with E-state index in [0.29, 0.717) is 12.1 Å². The second-order valence-electron chi connectivity index (χ2n) is 6.12. The van der Waals surface area contributed by atoms with Crippen LogP contribution in [0.25, 0.3) is 0 Å². The largest absolute Gasteiger partial charge is 0.349 e. The Hall–Kier alpha value is -1.44. The third kappa shape index (κ3) is 5.03. The predicted octanol–water partition coefficient (Wildman–Crippen LogP) is 1.59. The normalized spacial score (nSPS) is 16.9. The highest BCUT2D eigenvalue weighted by molar-refractivity contribution is 7.89. The van der Waals surface area contributed by atoms with Crippen LogP contribution in [0.15, 0.2) is 29.2 Å². The van der Waals surface area contributed by atoms with Crippen LogP contribution >= 0.6 is 0 Å². The molecule has 1 aliphatic rings. The fourth-order valence-electron chi connectivity index (χ4n) is 2.94. The van der Waals surface area contributed by atoms with Crippen LogP contribution in [0.1, 0.15) is 43.5 Å². The van der Waals surface area contributed by atoms with Crippen LogP contribution in [0.3, 0.4) is 0 Å². The predicted molar refractivity (Wildman–Crippen MR) is 94.5 cm³/mol. The highest BCUT2D eigenvalue weighted by atomic mass is 32.2. The van der Waals surface area contributed by atoms with E-state index in [2.05, 4.69) is 21.9 Å². The van der Waals surface area contributed by atoms with E-state index >= 15 is 0 Å². The summed E-state index contributed by atoms with van der Waals surface area (Å²) in [6.45, 7) is 7.37. The van der Waals surface area contributed by atoms with Gasteiger partial charge in [-0.1, -0.05) is 13.8 Å². The van der Waals surface area contributed by atoms with E-state index < -0.39 is 10.0 Å². The standard InChI is InChI=1S/C17H27N3O3S/c1-3-11-20-12-9-15(10-13-20)19-17(21)14-5-7-16(8-6-14)24(22,23)18-4-2/h5-8,15,18H,3-4,9-13H2,1-2H3,(H,19,21). The van der Waals surface area contributed by atoms with E-state index in [4.69, 9.17) is 0 Å². The molecule has 0 aromatic heterocycles. The Bertz CT molecular complexity index is 636. The van der Waals surface area contributed by atoms with Crippen molar-refractivity contribution < 1.29 is 13.2 Å². The molecule has 1 fully saturated rings. The number of carbonyl (C=O) groups excluding carboxylic acids is 1. The lowest BCUT2D eigenvalue weighted by Crippen LogP contribution is -2.44. The van der Waals surface area contributed by atoms with Gasteiger partial charge in [0.25, 0.3) is 5.91 Å². The minimum atomic E-state index is -3.48. The number of piperidine rings is 1. The van der Waals surface area contributed by atoms with Crippen molar-refractivity contribution in [2.75, 3.05) is 26.2 Å². The van der Waals surface area contributed by atoms with Crippen LogP contribution in [0.4, 0.5) is 0 Å². The van der Waals surface area contributed by atoms with E-state index in [-0.39, 0.29) is 16.8 Å². The summed E-state index contributed by atoms with van der Waals surface area (Å²) < 4.78 is 26.2. The molecule has 0 aliphatic carbocycles. The summed E-state index contributed by atoms with van der Waals surface area (Å²) >= 11 is 0. The van der Waals surface area contributed by atoms with E-state index in [0.717, 1.165) is 38.9 Å². The molecule has 134 valence electrons. The number of hydrogen-bond donors (Lipinski definition) is 2. The van der Waals surface area contributed by atoms with Gasteiger partial charge in [0, 0.05) is 31.2 Å². The van der Waals surface area contributed by atoms with Crippen LogP contribution < -0.4 is 10.0 Å². The van der Waals surface area contributed by atoms with E-state index in [9.17, 15) is 13.2 Å². The first kappa shape index (κ1) is 18.9. The number of nitrogens with one attached hydrogen (secondary N) is 2. The maximum Gasteiger partial charge on any atom is 0.251 e. The molecule has 1 saturated heterocycles. The first-order valence-corrected chi connectivity index (χ1v) is 10.1. The SMILES string of the molecule is CCCN1CCC(NC(=O)c2ccc(S(=O)(=O)NCC)cc2)CC1. The number of benzene rings is 1. The zero-order chi connectivity index (χ0) is 17.6. The van der Waals surface area contributed by atoms with E-state index in [1.54, 1.807) is 19.1 Å². The average molecular weight is 353 g/mol. The van der Waals surface area contributed by atoms with Gasteiger partial charge < -0.3 is 10.2 Å². The van der Waals surface area contributed by atoms with Crippen molar-refractivity contribution in [2.24, 2.45) is 0 Å². The van der Waals surface area contributed by atoms with Gasteiger partial charge in [-0.05, 0) is 50.1 Å². The van der Waals surface area contributed by atoms with Crippen LogP contribution in [0.5, 0.6) is 0 Å². The second kappa shape index (κ2) is 8.60. The topological polar surface area (TPSA) is 78.5 Å². The van der Waals surface area contributed by atoms with Crippen molar-refractivity contribution in [3.8, 4) is 0 Å². The Morgan fingerprint density at radius 2 is 1.79 bits per heavy atom. The molecule has 0 saturated carbocycles. The molecule has 0 spiro atoms. The first-order chi connectivity index (χ1) is 11.5. The molecule has 1 aromatic rings. The maximum atomic E-state index is 12.3. The molecule has 1 amide bonds. The van der Waals surface area contributed by atoms with Gasteiger partial charge >= 0.3 is 0 Å². The molecule has 0 unspecified atom stereocenters. The molecular formula is C17H27N3O3S. The van der Waals surface area contributed by atoms with E-state index in [1.807, 2.05) is 0 Å². The van der Waals surface area contributed by atoms with Crippen LogP contribution in [0.2, 0.25) is 0 Å². The summed E-state index contributed by atoms with van der Waals surface area (Å²) in [4.78, 5) is 14.9. The second-order valence-corrected chi connectivity index (χ2v) is 7.88. The van der Waals surface area contributed by atoms with Crippen molar-refractivity contribution in [1.82, 2.24) is 14.9 Å². The van der Waals surface area contributed by atoms with Gasteiger partial charge in [-0.15, -0.1) is 0 Å². The zero-order valence-electron chi connectivity index (χ0n) is 14.4. The molecule has 24 heavy (non-hydrogen) atoms. The summed E-state index contributed by atoms with van der Waals surface area (Å²) in [5.41, 5.74) is 0.487. The third-order valence-corrected chi connectivity index (χ3v) is 5.79. The van der Waals surface area contributed by atoms with Gasteiger partial charge in [-0.25, -0.2) is 13.1 Å². The average Bonchev–Trinajstić information content (AvgIpc) is 2.57. The summed E-state index contributed by atoms with van der Waals surface area (Å²) in [5, 5.41) is 3.05. The summed E-state index contributed by atoms with van der Waals surface area (Å²) in [7, 11) is -3.48. The summed E-state index contributed by atoms with van der Waals surface area (Å²) in [6, 6.07) is 6.25. The fraction of sp³-hybridized carbons (Fsp3) is 0.588. The number of nitrogens with zero attached hydrogens (tertiary/aromatic N) is 1. The first-order valence-electron chi connectivity index (χ1n) is 8.59. The van der Waals surface area contributed by atoms with E-state index in [1.165, 1.54) is 12.1 Å². The molecule has 1 aromatic carbocycles. The summed E-state index contributed by atoms with van der Waals surface area (Å²) in [6.07, 6.45) is 3.07. The number of sulfonamides is 1. The molecule has 1 aliphatic heterocycles. The van der Waals surface area contributed by atoms with Crippen molar-refractivity contribution in [3.05, 3.63) is 29.8 Å². The zero-order valence-corrected chi connectivity index (χ0v) is 15.2. The maximum absolute atomic E-state index is 12.3. The minimum Gasteiger partial charge on any atom is -0.349 e. The Balaban J connectivity index is 1.92. The molecule has 0 radical (unpaired) electrons. The monoisotopic (exact) mass is 353 g/mol. The molecule has 7 heteroatoms. The molecule has 6 nitrogen and oxygen atoms in total. The van der Waals surface area contributed by atoms with Crippen molar-refractivity contribution >= 4 is 15.9 Å². The van der Waals surface area contributed by atoms with Crippen LogP contribution in [-0.2, 0) is 10.0 Å². The Morgan fingerprint density at radius 3 is 2.33 bits per heavy atom.